The van der Waals surface area contributed by atoms with Crippen molar-refractivity contribution >= 4 is 16.9 Å². The molecule has 0 saturated heterocycles. The van der Waals surface area contributed by atoms with Gasteiger partial charge in [0, 0.05) is 12.6 Å². The largest absolute Gasteiger partial charge is 0.348 e. The van der Waals surface area contributed by atoms with Crippen LogP contribution in [-0.4, -0.2) is 15.9 Å². The van der Waals surface area contributed by atoms with Gasteiger partial charge in [0.1, 0.15) is 0 Å². The topological polar surface area (TPSA) is 57.8 Å². The summed E-state index contributed by atoms with van der Waals surface area (Å²) in [4.78, 5) is 18.6. The molecule has 1 aromatic heterocycles. The third kappa shape index (κ3) is 3.07. The molecule has 4 nitrogen and oxygen atoms in total. The van der Waals surface area contributed by atoms with Crippen LogP contribution in [0.4, 0.5) is 0 Å². The highest BCUT2D eigenvalue weighted by molar-refractivity contribution is 5.87. The van der Waals surface area contributed by atoms with E-state index in [0.29, 0.717) is 6.54 Å². The Labute approximate surface area is 105 Å². The van der Waals surface area contributed by atoms with E-state index in [4.69, 9.17) is 0 Å². The third-order valence-electron chi connectivity index (χ3n) is 2.50. The maximum Gasteiger partial charge on any atom is 0.244 e. The Morgan fingerprint density at radius 2 is 2.33 bits per heavy atom. The van der Waals surface area contributed by atoms with Gasteiger partial charge in [0.2, 0.25) is 5.91 Å². The normalized spacial score (nSPS) is 11.6. The number of nitrogens with zero attached hydrogens (tertiary/aromatic N) is 1. The van der Waals surface area contributed by atoms with Gasteiger partial charge in [-0.1, -0.05) is 24.3 Å². The molecule has 2 N–H and O–H groups in total. The Balaban J connectivity index is 1.95. The lowest BCUT2D eigenvalue weighted by Crippen LogP contribution is -2.20. The fourth-order valence-electron chi connectivity index (χ4n) is 1.59. The van der Waals surface area contributed by atoms with E-state index in [1.54, 1.807) is 12.4 Å². The number of H-pyrrole nitrogens is 1. The monoisotopic (exact) mass is 241 g/mol. The molecule has 2 rings (SSSR count). The molecule has 0 spiro atoms. The van der Waals surface area contributed by atoms with Crippen molar-refractivity contribution in [1.82, 2.24) is 15.3 Å². The first-order chi connectivity index (χ1) is 8.79. The molecule has 18 heavy (non-hydrogen) atoms. The quantitative estimate of drug-likeness (QED) is 0.637. The molecular weight excluding hydrogens is 226 g/mol. The number of imidazole rings is 1. The van der Waals surface area contributed by atoms with Gasteiger partial charge in [-0.2, -0.15) is 0 Å². The van der Waals surface area contributed by atoms with E-state index in [9.17, 15) is 4.79 Å². The van der Waals surface area contributed by atoms with E-state index in [0.717, 1.165) is 16.6 Å². The lowest BCUT2D eigenvalue weighted by Gasteiger charge is -2.02. The van der Waals surface area contributed by atoms with E-state index in [1.807, 2.05) is 37.3 Å². The van der Waals surface area contributed by atoms with E-state index in [-0.39, 0.29) is 5.91 Å². The van der Waals surface area contributed by atoms with Crippen LogP contribution >= 0.6 is 0 Å². The van der Waals surface area contributed by atoms with Gasteiger partial charge in [-0.05, 0) is 24.6 Å². The highest BCUT2D eigenvalue weighted by atomic mass is 16.1. The van der Waals surface area contributed by atoms with Crippen LogP contribution in [0.2, 0.25) is 0 Å². The summed E-state index contributed by atoms with van der Waals surface area (Å²) in [5, 5.41) is 2.82. The number of benzene rings is 1. The minimum atomic E-state index is -0.0993. The van der Waals surface area contributed by atoms with Gasteiger partial charge in [0.15, 0.2) is 0 Å². The minimum absolute atomic E-state index is 0.0993. The second kappa shape index (κ2) is 5.82. The van der Waals surface area contributed by atoms with Crippen LogP contribution in [0.25, 0.3) is 11.0 Å². The van der Waals surface area contributed by atoms with Crippen LogP contribution in [0.15, 0.2) is 48.8 Å². The molecule has 1 aromatic carbocycles. The molecule has 2 aromatic rings. The molecule has 1 amide bonds. The fourth-order valence-corrected chi connectivity index (χ4v) is 1.59. The van der Waals surface area contributed by atoms with Crippen molar-refractivity contribution in [2.45, 2.75) is 13.5 Å². The number of nitrogens with one attached hydrogen (secondary N) is 2. The van der Waals surface area contributed by atoms with E-state index in [2.05, 4.69) is 15.3 Å². The molecule has 4 heteroatoms. The lowest BCUT2D eigenvalue weighted by molar-refractivity contribution is -0.116. The number of carbonyl (C=O) groups excluding carboxylic acids is 1. The molecule has 0 atom stereocenters. The highest BCUT2D eigenvalue weighted by Crippen LogP contribution is 2.11. The summed E-state index contributed by atoms with van der Waals surface area (Å²) >= 11 is 0. The summed E-state index contributed by atoms with van der Waals surface area (Å²) in [6, 6.07) is 5.88. The van der Waals surface area contributed by atoms with Crippen LogP contribution < -0.4 is 5.32 Å². The molecule has 0 bridgehead atoms. The second-order valence-electron chi connectivity index (χ2n) is 3.86. The Morgan fingerprint density at radius 1 is 1.44 bits per heavy atom. The smallest absolute Gasteiger partial charge is 0.244 e. The maximum absolute atomic E-state index is 11.5. The van der Waals surface area contributed by atoms with E-state index < -0.39 is 0 Å². The Hall–Kier alpha value is -2.36. The van der Waals surface area contributed by atoms with Crippen LogP contribution in [0.5, 0.6) is 0 Å². The van der Waals surface area contributed by atoms with Crippen molar-refractivity contribution in [1.29, 1.82) is 0 Å². The number of carbonyl (C=O) groups is 1. The summed E-state index contributed by atoms with van der Waals surface area (Å²) in [6.45, 7) is 2.41. The van der Waals surface area contributed by atoms with Crippen molar-refractivity contribution in [3.8, 4) is 0 Å². The number of rotatable bonds is 4. The van der Waals surface area contributed by atoms with Crippen LogP contribution in [0.3, 0.4) is 0 Å². The number of aromatic amines is 1. The first-order valence-corrected chi connectivity index (χ1v) is 5.79. The standard InChI is InChI=1S/C14H15N3O/c1-2-3-4-5-14(18)15-9-11-6-7-12-13(8-11)17-10-16-12/h2-8,10H,9H2,1H3,(H,15,18)(H,16,17)/b3-2+,5-4+. The van der Waals surface area contributed by atoms with Gasteiger partial charge < -0.3 is 10.3 Å². The first-order valence-electron chi connectivity index (χ1n) is 5.79. The van der Waals surface area contributed by atoms with Crippen molar-refractivity contribution in [2.75, 3.05) is 0 Å². The zero-order valence-electron chi connectivity index (χ0n) is 10.2. The van der Waals surface area contributed by atoms with Crippen molar-refractivity contribution in [3.05, 3.63) is 54.4 Å². The van der Waals surface area contributed by atoms with Gasteiger partial charge in [-0.3, -0.25) is 4.79 Å². The molecule has 92 valence electrons. The second-order valence-corrected chi connectivity index (χ2v) is 3.86. The highest BCUT2D eigenvalue weighted by Gasteiger charge is 1.99. The average Bonchev–Trinajstić information content (AvgIpc) is 2.84. The summed E-state index contributed by atoms with van der Waals surface area (Å²) in [6.07, 6.45) is 8.57. The summed E-state index contributed by atoms with van der Waals surface area (Å²) in [7, 11) is 0. The Morgan fingerprint density at radius 3 is 3.17 bits per heavy atom. The number of allylic oxidation sites excluding steroid dienone is 3. The number of hydrogen-bond donors (Lipinski definition) is 2. The summed E-state index contributed by atoms with van der Waals surface area (Å²) < 4.78 is 0. The molecule has 0 saturated carbocycles. The molecule has 0 fully saturated rings. The predicted octanol–water partition coefficient (Wildman–Crippen LogP) is 2.31. The number of amides is 1. The lowest BCUT2D eigenvalue weighted by atomic mass is 10.2. The molecule has 1 heterocycles. The average molecular weight is 241 g/mol. The molecular formula is C14H15N3O. The van der Waals surface area contributed by atoms with E-state index in [1.165, 1.54) is 6.08 Å². The van der Waals surface area contributed by atoms with Crippen molar-refractivity contribution in [3.63, 3.8) is 0 Å². The Kier molecular flexibility index (Phi) is 3.91. The van der Waals surface area contributed by atoms with Crippen LogP contribution in [-0.2, 0) is 11.3 Å². The van der Waals surface area contributed by atoms with Crippen LogP contribution in [0, 0.1) is 0 Å². The number of fused-ring (bicyclic) bond motifs is 1. The SMILES string of the molecule is C/C=C/C=C/C(=O)NCc1ccc2nc[nH]c2c1. The zero-order chi connectivity index (χ0) is 12.8. The third-order valence-corrected chi connectivity index (χ3v) is 2.50. The molecule has 0 unspecified atom stereocenters. The van der Waals surface area contributed by atoms with Crippen molar-refractivity contribution in [2.24, 2.45) is 0 Å². The molecule has 0 aliphatic heterocycles. The van der Waals surface area contributed by atoms with Gasteiger partial charge in [-0.15, -0.1) is 0 Å². The minimum Gasteiger partial charge on any atom is -0.348 e. The van der Waals surface area contributed by atoms with Gasteiger partial charge in [0.25, 0.3) is 0 Å². The first kappa shape index (κ1) is 12.1. The van der Waals surface area contributed by atoms with E-state index >= 15 is 0 Å². The van der Waals surface area contributed by atoms with Gasteiger partial charge >= 0.3 is 0 Å². The fraction of sp³-hybridized carbons (Fsp3) is 0.143. The summed E-state index contributed by atoms with van der Waals surface area (Å²) in [5.74, 6) is -0.0993. The maximum atomic E-state index is 11.5. The summed E-state index contributed by atoms with van der Waals surface area (Å²) in [5.41, 5.74) is 2.95. The number of hydrogen-bond acceptors (Lipinski definition) is 2. The number of aromatic nitrogens is 2. The predicted molar refractivity (Wildman–Crippen MR) is 71.9 cm³/mol. The molecule has 0 aliphatic rings. The molecule has 0 aliphatic carbocycles. The molecule has 0 radical (unpaired) electrons. The van der Waals surface area contributed by atoms with Crippen molar-refractivity contribution < 1.29 is 4.79 Å². The van der Waals surface area contributed by atoms with Gasteiger partial charge in [0.05, 0.1) is 17.4 Å². The van der Waals surface area contributed by atoms with Gasteiger partial charge in [-0.25, -0.2) is 4.98 Å². The Bertz CT molecular complexity index is 596. The zero-order valence-corrected chi connectivity index (χ0v) is 10.2. The van der Waals surface area contributed by atoms with Crippen LogP contribution in [0.1, 0.15) is 12.5 Å².